The van der Waals surface area contributed by atoms with E-state index < -0.39 is 0 Å². The van der Waals surface area contributed by atoms with Crippen molar-refractivity contribution in [3.8, 4) is 0 Å². The second-order valence-electron chi connectivity index (χ2n) is 1.56. The van der Waals surface area contributed by atoms with Gasteiger partial charge in [-0.25, -0.2) is 4.98 Å². The van der Waals surface area contributed by atoms with E-state index in [1.807, 2.05) is 6.07 Å². The number of aromatic nitrogens is 1. The molecule has 2 nitrogen and oxygen atoms in total. The van der Waals surface area contributed by atoms with Gasteiger partial charge in [0.2, 0.25) is 0 Å². The zero-order valence-electron chi connectivity index (χ0n) is 5.00. The lowest BCUT2D eigenvalue weighted by atomic mass is 10.4. The molecule has 0 spiro atoms. The van der Waals surface area contributed by atoms with E-state index in [2.05, 4.69) is 10.3 Å². The van der Waals surface area contributed by atoms with Crippen molar-refractivity contribution in [3.05, 3.63) is 23.5 Å². The quantitative estimate of drug-likeness (QED) is 0.546. The van der Waals surface area contributed by atoms with Crippen LogP contribution >= 0.6 is 11.6 Å². The Morgan fingerprint density at radius 3 is 2.78 bits per heavy atom. The van der Waals surface area contributed by atoms with Gasteiger partial charge in [-0.15, -0.1) is 0 Å². The van der Waals surface area contributed by atoms with Gasteiger partial charge in [0, 0.05) is 7.05 Å². The second-order valence-corrected chi connectivity index (χ2v) is 1.95. The minimum Gasteiger partial charge on any atom is -0.287 e. The van der Waals surface area contributed by atoms with Crippen LogP contribution in [0, 0.1) is 0 Å². The van der Waals surface area contributed by atoms with Crippen molar-refractivity contribution in [2.45, 2.75) is 0 Å². The van der Waals surface area contributed by atoms with Gasteiger partial charge in [-0.3, -0.25) is 5.32 Å². The predicted molar refractivity (Wildman–Crippen MR) is 37.0 cm³/mol. The Morgan fingerprint density at radius 1 is 1.56 bits per heavy atom. The van der Waals surface area contributed by atoms with Crippen molar-refractivity contribution in [2.24, 2.45) is 0 Å². The number of rotatable bonds is 1. The summed E-state index contributed by atoms with van der Waals surface area (Å²) in [4.78, 5) is 3.82. The summed E-state index contributed by atoms with van der Waals surface area (Å²) in [5.74, 6) is 0. The number of halogens is 1. The molecule has 0 saturated heterocycles. The van der Waals surface area contributed by atoms with Gasteiger partial charge >= 0.3 is 0 Å². The monoisotopic (exact) mass is 141 g/mol. The molecule has 47 valence electrons. The molecule has 0 saturated carbocycles. The highest BCUT2D eigenvalue weighted by Crippen LogP contribution is 2.07. The molecule has 0 fully saturated rings. The molecule has 0 aliphatic heterocycles. The van der Waals surface area contributed by atoms with Crippen LogP contribution < -0.4 is 5.32 Å². The normalized spacial score (nSPS) is 9.11. The van der Waals surface area contributed by atoms with E-state index in [1.165, 1.54) is 0 Å². The summed E-state index contributed by atoms with van der Waals surface area (Å²) in [5, 5.41) is 4.39. The highest BCUT2D eigenvalue weighted by Gasteiger charge is 1.88. The standard InChI is InChI=1S/C6H6ClN2/c1-8-5-2-3-6(7)9-4-5/h2-4H,1H3. The molecule has 0 aliphatic rings. The van der Waals surface area contributed by atoms with Crippen LogP contribution in [0.25, 0.3) is 0 Å². The van der Waals surface area contributed by atoms with Gasteiger partial charge in [0.15, 0.2) is 0 Å². The fraction of sp³-hybridized carbons (Fsp3) is 0.167. The van der Waals surface area contributed by atoms with Crippen molar-refractivity contribution in [2.75, 3.05) is 7.05 Å². The minimum absolute atomic E-state index is 0.502. The fourth-order valence-corrected chi connectivity index (χ4v) is 0.612. The SMILES string of the molecule is C[N]c1ccc(Cl)nc1. The van der Waals surface area contributed by atoms with Crippen molar-refractivity contribution >= 4 is 17.3 Å². The number of pyridine rings is 1. The molecule has 1 aromatic heterocycles. The van der Waals surface area contributed by atoms with Gasteiger partial charge in [0.05, 0.1) is 11.9 Å². The van der Waals surface area contributed by atoms with E-state index in [1.54, 1.807) is 19.3 Å². The van der Waals surface area contributed by atoms with Crippen LogP contribution in [0.2, 0.25) is 5.15 Å². The lowest BCUT2D eigenvalue weighted by Gasteiger charge is -1.92. The molecule has 0 aromatic carbocycles. The summed E-state index contributed by atoms with van der Waals surface area (Å²) in [6, 6.07) is 3.53. The molecular weight excluding hydrogens is 136 g/mol. The highest BCUT2D eigenvalue weighted by atomic mass is 35.5. The zero-order valence-corrected chi connectivity index (χ0v) is 5.76. The first-order chi connectivity index (χ1) is 4.33. The van der Waals surface area contributed by atoms with Gasteiger partial charge in [0.1, 0.15) is 5.15 Å². The summed E-state index contributed by atoms with van der Waals surface area (Å²) in [7, 11) is 1.71. The van der Waals surface area contributed by atoms with Crippen molar-refractivity contribution < 1.29 is 0 Å². The van der Waals surface area contributed by atoms with Crippen LogP contribution in [0.4, 0.5) is 5.69 Å². The smallest absolute Gasteiger partial charge is 0.129 e. The topological polar surface area (TPSA) is 27.0 Å². The molecule has 1 aromatic rings. The van der Waals surface area contributed by atoms with Gasteiger partial charge in [-0.1, -0.05) is 11.6 Å². The number of nitrogens with zero attached hydrogens (tertiary/aromatic N) is 2. The third kappa shape index (κ3) is 1.57. The lowest BCUT2D eigenvalue weighted by molar-refractivity contribution is 1.07. The molecule has 1 heterocycles. The van der Waals surface area contributed by atoms with Crippen LogP contribution in [0.15, 0.2) is 18.3 Å². The van der Waals surface area contributed by atoms with Gasteiger partial charge in [-0.05, 0) is 12.1 Å². The zero-order chi connectivity index (χ0) is 6.69. The summed E-state index contributed by atoms with van der Waals surface area (Å²) in [6.07, 6.45) is 1.63. The highest BCUT2D eigenvalue weighted by molar-refractivity contribution is 6.29. The largest absolute Gasteiger partial charge is 0.287 e. The van der Waals surface area contributed by atoms with Crippen LogP contribution in [0.3, 0.4) is 0 Å². The van der Waals surface area contributed by atoms with E-state index in [9.17, 15) is 0 Å². The first-order valence-electron chi connectivity index (χ1n) is 2.54. The molecule has 3 heteroatoms. The molecule has 0 amide bonds. The molecule has 0 atom stereocenters. The Morgan fingerprint density at radius 2 is 2.33 bits per heavy atom. The third-order valence-corrected chi connectivity index (χ3v) is 1.19. The average Bonchev–Trinajstić information content (AvgIpc) is 1.90. The first-order valence-corrected chi connectivity index (χ1v) is 2.92. The Labute approximate surface area is 58.9 Å². The molecule has 0 unspecified atom stereocenters. The van der Waals surface area contributed by atoms with Crippen molar-refractivity contribution in [1.29, 1.82) is 0 Å². The molecule has 9 heavy (non-hydrogen) atoms. The van der Waals surface area contributed by atoms with Crippen molar-refractivity contribution in [1.82, 2.24) is 10.3 Å². The Kier molecular flexibility index (Phi) is 1.90. The van der Waals surface area contributed by atoms with Gasteiger partial charge in [0.25, 0.3) is 0 Å². The van der Waals surface area contributed by atoms with Crippen LogP contribution in [0.1, 0.15) is 0 Å². The third-order valence-electron chi connectivity index (χ3n) is 0.970. The van der Waals surface area contributed by atoms with E-state index >= 15 is 0 Å². The first kappa shape index (κ1) is 6.36. The van der Waals surface area contributed by atoms with E-state index in [0.717, 1.165) is 5.69 Å². The van der Waals surface area contributed by atoms with Gasteiger partial charge < -0.3 is 0 Å². The van der Waals surface area contributed by atoms with E-state index in [0.29, 0.717) is 5.15 Å². The summed E-state index contributed by atoms with van der Waals surface area (Å²) in [5.41, 5.74) is 0.847. The summed E-state index contributed by atoms with van der Waals surface area (Å²) in [6.45, 7) is 0. The molecule has 0 aliphatic carbocycles. The Balaban J connectivity index is 2.88. The molecular formula is C6H6ClN2. The maximum absolute atomic E-state index is 5.52. The molecule has 1 rings (SSSR count). The number of hydrogen-bond donors (Lipinski definition) is 0. The Hall–Kier alpha value is -0.760. The van der Waals surface area contributed by atoms with Gasteiger partial charge in [-0.2, -0.15) is 0 Å². The molecule has 1 radical (unpaired) electrons. The molecule has 0 N–H and O–H groups in total. The average molecular weight is 142 g/mol. The maximum atomic E-state index is 5.52. The molecule has 0 bridgehead atoms. The Bertz CT molecular complexity index is 183. The van der Waals surface area contributed by atoms with Crippen LogP contribution in [-0.2, 0) is 0 Å². The van der Waals surface area contributed by atoms with Crippen LogP contribution in [0.5, 0.6) is 0 Å². The van der Waals surface area contributed by atoms with Crippen molar-refractivity contribution in [3.63, 3.8) is 0 Å². The van der Waals surface area contributed by atoms with E-state index in [-0.39, 0.29) is 0 Å². The van der Waals surface area contributed by atoms with Crippen LogP contribution in [-0.4, -0.2) is 12.0 Å². The predicted octanol–water partition coefficient (Wildman–Crippen LogP) is 1.60. The number of hydrogen-bond acceptors (Lipinski definition) is 1. The summed E-state index contributed by atoms with van der Waals surface area (Å²) >= 11 is 5.52. The lowest BCUT2D eigenvalue weighted by Crippen LogP contribution is -1.85. The summed E-state index contributed by atoms with van der Waals surface area (Å²) < 4.78 is 0. The maximum Gasteiger partial charge on any atom is 0.129 e. The van der Waals surface area contributed by atoms with E-state index in [4.69, 9.17) is 11.6 Å². The fourth-order valence-electron chi connectivity index (χ4n) is 0.500. The second kappa shape index (κ2) is 2.69. The minimum atomic E-state index is 0.502.